The van der Waals surface area contributed by atoms with Crippen LogP contribution in [0.3, 0.4) is 0 Å². The molecule has 0 saturated heterocycles. The molecule has 116 valence electrons. The number of nitrogens with one attached hydrogen (secondary N) is 2. The fraction of sp³-hybridized carbons (Fsp3) is 0.429. The van der Waals surface area contributed by atoms with Gasteiger partial charge < -0.3 is 20.5 Å². The molecule has 0 aliphatic heterocycles. The number of urea groups is 1. The van der Waals surface area contributed by atoms with Crippen LogP contribution in [0.15, 0.2) is 22.7 Å². The van der Waals surface area contributed by atoms with Gasteiger partial charge in [-0.2, -0.15) is 0 Å². The smallest absolute Gasteiger partial charge is 0.326 e. The van der Waals surface area contributed by atoms with Crippen LogP contribution in [0.4, 0.5) is 10.5 Å². The first kappa shape index (κ1) is 17.3. The number of hydrogen-bond donors (Lipinski definition) is 3. The Bertz CT molecular complexity index is 508. The first-order valence-electron chi connectivity index (χ1n) is 6.61. The first-order chi connectivity index (χ1) is 9.97. The molecule has 6 nitrogen and oxygen atoms in total. The Morgan fingerprint density at radius 1 is 1.43 bits per heavy atom. The van der Waals surface area contributed by atoms with Gasteiger partial charge in [-0.1, -0.05) is 19.8 Å². The third-order valence-electron chi connectivity index (χ3n) is 2.87. The van der Waals surface area contributed by atoms with Gasteiger partial charge in [0.25, 0.3) is 0 Å². The number of hydrogen-bond acceptors (Lipinski definition) is 3. The second-order valence-corrected chi connectivity index (χ2v) is 5.33. The van der Waals surface area contributed by atoms with Crippen LogP contribution in [0.25, 0.3) is 0 Å². The molecule has 1 unspecified atom stereocenters. The van der Waals surface area contributed by atoms with E-state index < -0.39 is 18.0 Å². The van der Waals surface area contributed by atoms with Crippen LogP contribution in [-0.4, -0.2) is 30.3 Å². The van der Waals surface area contributed by atoms with Crippen molar-refractivity contribution in [2.24, 2.45) is 0 Å². The lowest BCUT2D eigenvalue weighted by atomic mass is 10.1. The van der Waals surface area contributed by atoms with Crippen molar-refractivity contribution in [3.8, 4) is 5.75 Å². The van der Waals surface area contributed by atoms with E-state index in [2.05, 4.69) is 26.6 Å². The molecule has 0 heterocycles. The molecular formula is C14H19BrN2O4. The first-order valence-corrected chi connectivity index (χ1v) is 7.41. The number of halogens is 1. The van der Waals surface area contributed by atoms with Gasteiger partial charge in [-0.15, -0.1) is 0 Å². The minimum Gasteiger partial charge on any atom is -0.497 e. The van der Waals surface area contributed by atoms with Crippen LogP contribution in [0.5, 0.6) is 5.75 Å². The van der Waals surface area contributed by atoms with Crippen molar-refractivity contribution in [1.29, 1.82) is 0 Å². The highest BCUT2D eigenvalue weighted by Crippen LogP contribution is 2.27. The standard InChI is InChI=1S/C14H19BrN2O4/c1-3-4-5-11(13(18)19)16-14(20)17-12-8-9(21-2)6-7-10(12)15/h6-8,11H,3-5H2,1-2H3,(H,18,19)(H2,16,17,20). The van der Waals surface area contributed by atoms with Crippen LogP contribution in [0.1, 0.15) is 26.2 Å². The summed E-state index contributed by atoms with van der Waals surface area (Å²) in [6.45, 7) is 1.96. The maximum atomic E-state index is 11.9. The second-order valence-electron chi connectivity index (χ2n) is 4.48. The maximum absolute atomic E-state index is 11.9. The second kappa shape index (κ2) is 8.51. The summed E-state index contributed by atoms with van der Waals surface area (Å²) in [5, 5.41) is 14.1. The van der Waals surface area contributed by atoms with E-state index in [0.29, 0.717) is 22.3 Å². The van der Waals surface area contributed by atoms with Crippen molar-refractivity contribution in [2.45, 2.75) is 32.2 Å². The molecule has 0 radical (unpaired) electrons. The largest absolute Gasteiger partial charge is 0.497 e. The van der Waals surface area contributed by atoms with Gasteiger partial charge in [-0.3, -0.25) is 0 Å². The van der Waals surface area contributed by atoms with Crippen molar-refractivity contribution in [2.75, 3.05) is 12.4 Å². The highest BCUT2D eigenvalue weighted by atomic mass is 79.9. The highest BCUT2D eigenvalue weighted by Gasteiger charge is 2.19. The van der Waals surface area contributed by atoms with Gasteiger partial charge in [0.1, 0.15) is 11.8 Å². The summed E-state index contributed by atoms with van der Waals surface area (Å²) in [7, 11) is 1.53. The summed E-state index contributed by atoms with van der Waals surface area (Å²) >= 11 is 3.31. The Balaban J connectivity index is 2.69. The van der Waals surface area contributed by atoms with Gasteiger partial charge in [0.15, 0.2) is 0 Å². The van der Waals surface area contributed by atoms with Crippen LogP contribution < -0.4 is 15.4 Å². The van der Waals surface area contributed by atoms with Gasteiger partial charge in [0.05, 0.1) is 12.8 Å². The molecule has 1 rings (SSSR count). The van der Waals surface area contributed by atoms with Crippen molar-refractivity contribution in [3.05, 3.63) is 22.7 Å². The summed E-state index contributed by atoms with van der Waals surface area (Å²) in [6, 6.07) is 3.67. The fourth-order valence-corrected chi connectivity index (χ4v) is 2.06. The normalized spacial score (nSPS) is 11.6. The van der Waals surface area contributed by atoms with E-state index in [-0.39, 0.29) is 0 Å². The Labute approximate surface area is 132 Å². The van der Waals surface area contributed by atoms with Crippen molar-refractivity contribution >= 4 is 33.6 Å². The van der Waals surface area contributed by atoms with E-state index in [9.17, 15) is 9.59 Å². The maximum Gasteiger partial charge on any atom is 0.326 e. The summed E-state index contributed by atoms with van der Waals surface area (Å²) in [5.74, 6) is -0.447. The SMILES string of the molecule is CCCCC(NC(=O)Nc1cc(OC)ccc1Br)C(=O)O. The molecule has 1 atom stereocenters. The van der Waals surface area contributed by atoms with E-state index in [0.717, 1.165) is 12.8 Å². The molecule has 21 heavy (non-hydrogen) atoms. The number of carboxylic acid groups (broad SMARTS) is 1. The van der Waals surface area contributed by atoms with E-state index in [1.54, 1.807) is 18.2 Å². The molecule has 7 heteroatoms. The number of amides is 2. The quantitative estimate of drug-likeness (QED) is 0.698. The van der Waals surface area contributed by atoms with Crippen LogP contribution in [0, 0.1) is 0 Å². The lowest BCUT2D eigenvalue weighted by molar-refractivity contribution is -0.139. The van der Waals surface area contributed by atoms with E-state index in [1.165, 1.54) is 7.11 Å². The van der Waals surface area contributed by atoms with Crippen LogP contribution in [-0.2, 0) is 4.79 Å². The predicted molar refractivity (Wildman–Crippen MR) is 83.8 cm³/mol. The zero-order chi connectivity index (χ0) is 15.8. The summed E-state index contributed by atoms with van der Waals surface area (Å²) in [5.41, 5.74) is 0.506. The third-order valence-corrected chi connectivity index (χ3v) is 3.56. The van der Waals surface area contributed by atoms with E-state index in [1.807, 2.05) is 6.92 Å². The minimum absolute atomic E-state index is 0.401. The lowest BCUT2D eigenvalue weighted by Gasteiger charge is -2.15. The number of anilines is 1. The third kappa shape index (κ3) is 5.63. The Morgan fingerprint density at radius 2 is 2.14 bits per heavy atom. The number of carboxylic acids is 1. The molecular weight excluding hydrogens is 340 g/mol. The monoisotopic (exact) mass is 358 g/mol. The number of carbonyl (C=O) groups is 2. The van der Waals surface area contributed by atoms with Gasteiger partial charge in [0.2, 0.25) is 0 Å². The molecule has 1 aromatic carbocycles. The number of ether oxygens (including phenoxy) is 1. The topological polar surface area (TPSA) is 87.7 Å². The molecule has 0 fully saturated rings. The number of benzene rings is 1. The molecule has 0 saturated carbocycles. The minimum atomic E-state index is -1.04. The molecule has 0 aliphatic carbocycles. The Kier molecular flexibility index (Phi) is 7.01. The van der Waals surface area contributed by atoms with Crippen molar-refractivity contribution in [3.63, 3.8) is 0 Å². The fourth-order valence-electron chi connectivity index (χ4n) is 1.71. The predicted octanol–water partition coefficient (Wildman–Crippen LogP) is 3.22. The number of carbonyl (C=O) groups excluding carboxylic acids is 1. The molecule has 0 bridgehead atoms. The molecule has 0 aliphatic rings. The average molecular weight is 359 g/mol. The van der Waals surface area contributed by atoms with Gasteiger partial charge in [-0.25, -0.2) is 9.59 Å². The molecule has 2 amide bonds. The summed E-state index contributed by atoms with van der Waals surface area (Å²) in [4.78, 5) is 23.0. The number of unbranched alkanes of at least 4 members (excludes halogenated alkanes) is 1. The lowest BCUT2D eigenvalue weighted by Crippen LogP contribution is -2.43. The Hall–Kier alpha value is -1.76. The number of rotatable bonds is 7. The van der Waals surface area contributed by atoms with Gasteiger partial charge >= 0.3 is 12.0 Å². The zero-order valence-electron chi connectivity index (χ0n) is 12.0. The summed E-state index contributed by atoms with van der Waals surface area (Å²) in [6.07, 6.45) is 2.01. The molecule has 3 N–H and O–H groups in total. The van der Waals surface area contributed by atoms with Crippen LogP contribution >= 0.6 is 15.9 Å². The average Bonchev–Trinajstić information content (AvgIpc) is 2.45. The Morgan fingerprint density at radius 3 is 2.71 bits per heavy atom. The van der Waals surface area contributed by atoms with Crippen molar-refractivity contribution < 1.29 is 19.4 Å². The number of methoxy groups -OCH3 is 1. The highest BCUT2D eigenvalue weighted by molar-refractivity contribution is 9.10. The zero-order valence-corrected chi connectivity index (χ0v) is 13.6. The van der Waals surface area contributed by atoms with Crippen molar-refractivity contribution in [1.82, 2.24) is 5.32 Å². The molecule has 1 aromatic rings. The van der Waals surface area contributed by atoms with Gasteiger partial charge in [0, 0.05) is 10.5 Å². The number of aliphatic carboxylic acids is 1. The van der Waals surface area contributed by atoms with Crippen LogP contribution in [0.2, 0.25) is 0 Å². The molecule has 0 spiro atoms. The van der Waals surface area contributed by atoms with Gasteiger partial charge in [-0.05, 0) is 34.5 Å². The molecule has 0 aromatic heterocycles. The van der Waals surface area contributed by atoms with E-state index in [4.69, 9.17) is 9.84 Å². The summed E-state index contributed by atoms with van der Waals surface area (Å²) < 4.78 is 5.76. The van der Waals surface area contributed by atoms with E-state index >= 15 is 0 Å².